The van der Waals surface area contributed by atoms with Gasteiger partial charge in [0.25, 0.3) is 0 Å². The summed E-state index contributed by atoms with van der Waals surface area (Å²) in [6, 6.07) is 16.2. The highest BCUT2D eigenvalue weighted by Crippen LogP contribution is 2.56. The number of phenolic OH excluding ortho intramolecular Hbond substituents is 1. The minimum atomic E-state index is -1.20. The molecule has 25 heavy (non-hydrogen) atoms. The summed E-state index contributed by atoms with van der Waals surface area (Å²) in [4.78, 5) is 12.5. The second kappa shape index (κ2) is 4.54. The second-order valence-electron chi connectivity index (χ2n) is 6.06. The number of benzene rings is 3. The zero-order valence-electron chi connectivity index (χ0n) is 12.9. The van der Waals surface area contributed by atoms with Gasteiger partial charge in [-0.25, -0.2) is 4.79 Å². The number of ether oxygens (including phenoxy) is 2. The molecule has 2 heterocycles. The molecule has 0 fully saturated rings. The van der Waals surface area contributed by atoms with Crippen molar-refractivity contribution >= 4 is 5.97 Å². The first kappa shape index (κ1) is 13.9. The topological polar surface area (TPSA) is 78.8 Å². The summed E-state index contributed by atoms with van der Waals surface area (Å²) in [6.07, 6.45) is 0. The van der Waals surface area contributed by atoms with Crippen LogP contribution in [-0.4, -0.2) is 11.1 Å². The lowest BCUT2D eigenvalue weighted by Crippen LogP contribution is -2.33. The zero-order valence-corrected chi connectivity index (χ0v) is 12.9. The van der Waals surface area contributed by atoms with Gasteiger partial charge in [0, 0.05) is 22.8 Å². The molecule has 3 aromatic rings. The van der Waals surface area contributed by atoms with E-state index in [1.54, 1.807) is 24.3 Å². The first-order chi connectivity index (χ1) is 12.1. The molecule has 1 atom stereocenters. The Morgan fingerprint density at radius 1 is 0.880 bits per heavy atom. The van der Waals surface area contributed by atoms with Gasteiger partial charge in [-0.2, -0.15) is 0 Å². The summed E-state index contributed by atoms with van der Waals surface area (Å²) in [5.74, 6) is 0.0368. The summed E-state index contributed by atoms with van der Waals surface area (Å²) < 4.78 is 11.7. The maximum absolute atomic E-state index is 12.5. The average molecular weight is 331 g/mol. The van der Waals surface area contributed by atoms with Crippen LogP contribution in [0.1, 0.15) is 27.0 Å². The lowest BCUT2D eigenvalue weighted by Gasteiger charge is -2.37. The van der Waals surface area contributed by atoms with E-state index in [0.717, 1.165) is 0 Å². The molecule has 0 amide bonds. The Morgan fingerprint density at radius 2 is 1.60 bits per heavy atom. The molecule has 5 rings (SSSR count). The molecule has 2 aliphatic heterocycles. The minimum Gasteiger partial charge on any atom is -0.872 e. The predicted molar refractivity (Wildman–Crippen MR) is 85.8 cm³/mol. The van der Waals surface area contributed by atoms with Crippen LogP contribution in [0.15, 0.2) is 60.7 Å². The van der Waals surface area contributed by atoms with Crippen molar-refractivity contribution in [3.05, 3.63) is 82.9 Å². The number of hydrogen-bond donors (Lipinski definition) is 1. The number of phenols is 1. The first-order valence-corrected chi connectivity index (χ1v) is 7.75. The highest BCUT2D eigenvalue weighted by Gasteiger charge is 2.53. The van der Waals surface area contributed by atoms with Crippen molar-refractivity contribution in [1.82, 2.24) is 0 Å². The Hall–Kier alpha value is -3.47. The van der Waals surface area contributed by atoms with Gasteiger partial charge in [-0.05, 0) is 24.3 Å². The van der Waals surface area contributed by atoms with E-state index in [4.69, 9.17) is 9.47 Å². The summed E-state index contributed by atoms with van der Waals surface area (Å²) in [7, 11) is 0. The molecule has 3 aromatic carbocycles. The van der Waals surface area contributed by atoms with E-state index in [9.17, 15) is 15.0 Å². The van der Waals surface area contributed by atoms with Gasteiger partial charge in [0.15, 0.2) is 5.60 Å². The fourth-order valence-corrected chi connectivity index (χ4v) is 3.65. The fourth-order valence-electron chi connectivity index (χ4n) is 3.65. The van der Waals surface area contributed by atoms with E-state index in [1.165, 1.54) is 24.3 Å². The fraction of sp³-hybridized carbons (Fsp3) is 0.0500. The van der Waals surface area contributed by atoms with Gasteiger partial charge in [-0.15, -0.1) is 5.75 Å². The smallest absolute Gasteiger partial charge is 0.340 e. The molecule has 5 nitrogen and oxygen atoms in total. The number of carbonyl (C=O) groups is 1. The molecule has 0 radical (unpaired) electrons. The number of carbonyl (C=O) groups excluding carboxylic acids is 1. The molecule has 0 saturated heterocycles. The van der Waals surface area contributed by atoms with Crippen LogP contribution in [0.5, 0.6) is 23.0 Å². The summed E-state index contributed by atoms with van der Waals surface area (Å²) in [5, 5.41) is 21.6. The van der Waals surface area contributed by atoms with Crippen LogP contribution in [0.25, 0.3) is 0 Å². The lowest BCUT2D eigenvalue weighted by atomic mass is 9.77. The van der Waals surface area contributed by atoms with Crippen molar-refractivity contribution in [2.45, 2.75) is 5.60 Å². The Kier molecular flexibility index (Phi) is 2.53. The molecule has 0 aromatic heterocycles. The van der Waals surface area contributed by atoms with Gasteiger partial charge in [0.05, 0.1) is 5.56 Å². The van der Waals surface area contributed by atoms with E-state index >= 15 is 0 Å². The van der Waals surface area contributed by atoms with E-state index in [-0.39, 0.29) is 11.5 Å². The zero-order chi connectivity index (χ0) is 17.2. The number of esters is 1. The van der Waals surface area contributed by atoms with Crippen molar-refractivity contribution < 1.29 is 24.5 Å². The average Bonchev–Trinajstić information content (AvgIpc) is 2.88. The van der Waals surface area contributed by atoms with Crippen LogP contribution >= 0.6 is 0 Å². The lowest BCUT2D eigenvalue weighted by molar-refractivity contribution is -0.268. The molecule has 1 unspecified atom stereocenters. The standard InChI is InChI=1S/C20H12O5/c21-11-5-7-15-17(9-11)24-18-10-12(22)6-8-16(18)20(15)14-4-2-1-3-13(14)19(23)25-20/h1-10,21-22H/p-1. The quantitative estimate of drug-likeness (QED) is 0.641. The van der Waals surface area contributed by atoms with E-state index in [2.05, 4.69) is 0 Å². The van der Waals surface area contributed by atoms with Crippen molar-refractivity contribution in [2.24, 2.45) is 0 Å². The van der Waals surface area contributed by atoms with Crippen molar-refractivity contribution in [3.63, 3.8) is 0 Å². The molecule has 0 bridgehead atoms. The SMILES string of the molecule is O=C1OC2(c3ccc([O-])cc3Oc3cc(O)ccc32)c2ccccc21. The highest BCUT2D eigenvalue weighted by molar-refractivity contribution is 5.97. The summed E-state index contributed by atoms with van der Waals surface area (Å²) >= 11 is 0. The monoisotopic (exact) mass is 331 g/mol. The number of hydrogen-bond acceptors (Lipinski definition) is 5. The third-order valence-electron chi connectivity index (χ3n) is 4.67. The van der Waals surface area contributed by atoms with Gasteiger partial charge in [0.1, 0.15) is 17.2 Å². The largest absolute Gasteiger partial charge is 0.872 e. The van der Waals surface area contributed by atoms with Crippen LogP contribution in [-0.2, 0) is 10.3 Å². The van der Waals surface area contributed by atoms with E-state index in [0.29, 0.717) is 33.8 Å². The maximum Gasteiger partial charge on any atom is 0.340 e. The van der Waals surface area contributed by atoms with Crippen LogP contribution in [0.2, 0.25) is 0 Å². The third-order valence-corrected chi connectivity index (χ3v) is 4.67. The van der Waals surface area contributed by atoms with Crippen LogP contribution in [0.4, 0.5) is 0 Å². The maximum atomic E-state index is 12.5. The minimum absolute atomic E-state index is 0.0215. The Bertz CT molecular complexity index is 1000. The molecule has 0 aliphatic carbocycles. The molecule has 1 N–H and O–H groups in total. The number of rotatable bonds is 0. The second-order valence-corrected chi connectivity index (χ2v) is 6.06. The van der Waals surface area contributed by atoms with Gasteiger partial charge in [-0.1, -0.05) is 30.3 Å². The Labute approximate surface area is 142 Å². The molecule has 5 heteroatoms. The number of fused-ring (bicyclic) bond motifs is 6. The van der Waals surface area contributed by atoms with Crippen molar-refractivity contribution in [2.75, 3.05) is 0 Å². The normalized spacial score (nSPS) is 19.6. The van der Waals surface area contributed by atoms with Gasteiger partial charge in [0.2, 0.25) is 0 Å². The van der Waals surface area contributed by atoms with Gasteiger partial charge in [-0.3, -0.25) is 0 Å². The molecular formula is C20H11O5-. The molecule has 2 aliphatic rings. The molecular weight excluding hydrogens is 320 g/mol. The van der Waals surface area contributed by atoms with Crippen LogP contribution < -0.4 is 9.84 Å². The van der Waals surface area contributed by atoms with Crippen molar-refractivity contribution in [3.8, 4) is 23.0 Å². The highest BCUT2D eigenvalue weighted by atomic mass is 16.6. The Balaban J connectivity index is 1.91. The summed E-state index contributed by atoms with van der Waals surface area (Å²) in [6.45, 7) is 0. The van der Waals surface area contributed by atoms with Crippen LogP contribution in [0, 0.1) is 0 Å². The van der Waals surface area contributed by atoms with E-state index < -0.39 is 11.6 Å². The first-order valence-electron chi connectivity index (χ1n) is 7.75. The summed E-state index contributed by atoms with van der Waals surface area (Å²) in [5.41, 5.74) is 1.16. The molecule has 1 spiro atoms. The molecule has 122 valence electrons. The van der Waals surface area contributed by atoms with Crippen molar-refractivity contribution in [1.29, 1.82) is 0 Å². The third kappa shape index (κ3) is 1.69. The van der Waals surface area contributed by atoms with Gasteiger partial charge < -0.3 is 19.7 Å². The van der Waals surface area contributed by atoms with E-state index in [1.807, 2.05) is 12.1 Å². The Morgan fingerprint density at radius 3 is 2.44 bits per heavy atom. The predicted octanol–water partition coefficient (Wildman–Crippen LogP) is 3.03. The van der Waals surface area contributed by atoms with Crippen LogP contribution in [0.3, 0.4) is 0 Å². The molecule has 0 saturated carbocycles. The number of aromatic hydroxyl groups is 1. The van der Waals surface area contributed by atoms with Gasteiger partial charge >= 0.3 is 5.97 Å².